The molecule has 14 heteroatoms. The first-order chi connectivity index (χ1) is 25.3. The van der Waals surface area contributed by atoms with Gasteiger partial charge in [0.2, 0.25) is 10.0 Å². The minimum absolute atomic E-state index is 0.0201. The number of piperidine rings is 1. The molecule has 0 amide bonds. The molecule has 280 valence electrons. The number of nitrogens with zero attached hydrogens (tertiary/aromatic N) is 6. The first kappa shape index (κ1) is 35.8. The average molecular weight is 749 g/mol. The number of fused-ring (bicyclic) bond motifs is 4. The van der Waals surface area contributed by atoms with Crippen LogP contribution in [0.15, 0.2) is 30.5 Å². The second-order valence-corrected chi connectivity index (χ2v) is 17.6. The minimum atomic E-state index is -3.49. The second-order valence-electron chi connectivity index (χ2n) is 15.7. The molecule has 0 radical (unpaired) electrons. The van der Waals surface area contributed by atoms with Crippen molar-refractivity contribution in [3.8, 4) is 35.4 Å². The van der Waals surface area contributed by atoms with Crippen LogP contribution in [0.2, 0.25) is 0 Å². The van der Waals surface area contributed by atoms with Crippen LogP contribution in [0, 0.1) is 35.3 Å². The van der Waals surface area contributed by atoms with Gasteiger partial charge in [-0.15, -0.1) is 6.42 Å². The van der Waals surface area contributed by atoms with Gasteiger partial charge in [-0.05, 0) is 68.0 Å². The molecule has 2 aromatic heterocycles. The first-order valence-electron chi connectivity index (χ1n) is 18.4. The van der Waals surface area contributed by atoms with E-state index in [9.17, 15) is 22.3 Å². The molecule has 2 unspecified atom stereocenters. The molecule has 10 nitrogen and oxygen atoms in total. The highest BCUT2D eigenvalue weighted by molar-refractivity contribution is 7.89. The smallest absolute Gasteiger partial charge is 0.319 e. The number of hydrogen-bond acceptors (Lipinski definition) is 9. The van der Waals surface area contributed by atoms with E-state index in [2.05, 4.69) is 20.8 Å². The number of rotatable bonds is 10. The molecule has 1 aliphatic carbocycles. The lowest BCUT2D eigenvalue weighted by Gasteiger charge is -2.41. The number of phenols is 1. The highest BCUT2D eigenvalue weighted by atomic mass is 32.2. The number of aromatic hydroxyl groups is 1. The number of terminal acetylenes is 1. The Kier molecular flexibility index (Phi) is 9.18. The maximum Gasteiger partial charge on any atom is 0.319 e. The van der Waals surface area contributed by atoms with E-state index < -0.39 is 27.8 Å². The number of hydrogen-bond donors (Lipinski definition) is 1. The van der Waals surface area contributed by atoms with Crippen molar-refractivity contribution in [3.05, 3.63) is 47.7 Å². The van der Waals surface area contributed by atoms with Crippen molar-refractivity contribution >= 4 is 37.5 Å². The molecular formula is C39H43F3N6O4S. The number of benzene rings is 2. The maximum absolute atomic E-state index is 17.0. The van der Waals surface area contributed by atoms with Crippen molar-refractivity contribution in [2.75, 3.05) is 50.0 Å². The third-order valence-corrected chi connectivity index (χ3v) is 13.5. The molecule has 2 bridgehead atoms. The summed E-state index contributed by atoms with van der Waals surface area (Å²) in [7, 11) is -3.49. The lowest BCUT2D eigenvalue weighted by molar-refractivity contribution is 0.107. The van der Waals surface area contributed by atoms with Crippen LogP contribution in [0.5, 0.6) is 11.8 Å². The molecule has 2 atom stereocenters. The summed E-state index contributed by atoms with van der Waals surface area (Å²) in [6.07, 6.45) is 10.7. The van der Waals surface area contributed by atoms with Crippen LogP contribution in [0.25, 0.3) is 32.9 Å². The van der Waals surface area contributed by atoms with Crippen LogP contribution in [-0.4, -0.2) is 101 Å². The van der Waals surface area contributed by atoms with E-state index in [0.29, 0.717) is 75.1 Å². The Morgan fingerprint density at radius 3 is 2.45 bits per heavy atom. The number of pyridine rings is 1. The van der Waals surface area contributed by atoms with Crippen molar-refractivity contribution in [1.29, 1.82) is 0 Å². The first-order valence-corrected chi connectivity index (χ1v) is 20.0. The summed E-state index contributed by atoms with van der Waals surface area (Å²) in [6.45, 7) is 6.91. The fraction of sp³-hybridized carbons (Fsp3) is 0.513. The third-order valence-electron chi connectivity index (χ3n) is 11.2. The maximum atomic E-state index is 17.0. The largest absolute Gasteiger partial charge is 0.508 e. The van der Waals surface area contributed by atoms with Gasteiger partial charge in [-0.3, -0.25) is 4.98 Å². The molecule has 0 spiro atoms. The van der Waals surface area contributed by atoms with Gasteiger partial charge in [0.25, 0.3) is 0 Å². The van der Waals surface area contributed by atoms with Crippen molar-refractivity contribution in [3.63, 3.8) is 0 Å². The third kappa shape index (κ3) is 6.76. The quantitative estimate of drug-likeness (QED) is 0.194. The normalized spacial score (nSPS) is 22.2. The predicted octanol–water partition coefficient (Wildman–Crippen LogP) is 6.04. The molecule has 3 aliphatic heterocycles. The number of piperazine rings is 1. The molecule has 4 aliphatic rings. The molecule has 2 aromatic carbocycles. The topological polar surface area (TPSA) is 112 Å². The average Bonchev–Trinajstić information content (AvgIpc) is 3.82. The van der Waals surface area contributed by atoms with E-state index in [-0.39, 0.29) is 68.7 Å². The van der Waals surface area contributed by atoms with E-state index in [4.69, 9.17) is 16.1 Å². The van der Waals surface area contributed by atoms with Crippen LogP contribution in [0.4, 0.5) is 19.0 Å². The van der Waals surface area contributed by atoms with Crippen LogP contribution in [0.3, 0.4) is 0 Å². The van der Waals surface area contributed by atoms with Crippen molar-refractivity contribution in [2.24, 2.45) is 11.3 Å². The van der Waals surface area contributed by atoms with Gasteiger partial charge >= 0.3 is 6.01 Å². The number of halogens is 3. The van der Waals surface area contributed by atoms with Gasteiger partial charge in [-0.25, -0.2) is 21.6 Å². The Morgan fingerprint density at radius 2 is 1.79 bits per heavy atom. The van der Waals surface area contributed by atoms with Gasteiger partial charge in [0.1, 0.15) is 34.8 Å². The Balaban J connectivity index is 1.19. The Morgan fingerprint density at radius 1 is 1.08 bits per heavy atom. The summed E-state index contributed by atoms with van der Waals surface area (Å²) in [5.74, 6) is 1.12. The zero-order valence-electron chi connectivity index (χ0n) is 29.9. The predicted molar refractivity (Wildman–Crippen MR) is 197 cm³/mol. The highest BCUT2D eigenvalue weighted by Gasteiger charge is 2.48. The fourth-order valence-electron chi connectivity index (χ4n) is 8.54. The Labute approximate surface area is 307 Å². The van der Waals surface area contributed by atoms with Crippen LogP contribution < -0.4 is 9.64 Å². The van der Waals surface area contributed by atoms with Crippen molar-refractivity contribution in [2.45, 2.75) is 70.6 Å². The summed E-state index contributed by atoms with van der Waals surface area (Å²) in [5, 5.41) is 11.6. The molecule has 4 aromatic rings. The summed E-state index contributed by atoms with van der Waals surface area (Å²) in [6, 6.07) is 4.80. The number of phenolic OH excluding ortho intramolecular Hbond substituents is 1. The van der Waals surface area contributed by atoms with Gasteiger partial charge in [-0.1, -0.05) is 25.8 Å². The van der Waals surface area contributed by atoms with Gasteiger partial charge in [0, 0.05) is 67.4 Å². The summed E-state index contributed by atoms with van der Waals surface area (Å²) >= 11 is 0. The number of ether oxygens (including phenoxy) is 1. The summed E-state index contributed by atoms with van der Waals surface area (Å²) in [5.41, 5.74) is -0.393. The molecule has 3 saturated heterocycles. The molecule has 1 saturated carbocycles. The van der Waals surface area contributed by atoms with Gasteiger partial charge in [0.15, 0.2) is 5.82 Å². The van der Waals surface area contributed by atoms with E-state index in [1.807, 2.05) is 18.7 Å². The van der Waals surface area contributed by atoms with Crippen molar-refractivity contribution < 1.29 is 31.4 Å². The Hall–Kier alpha value is -4.19. The van der Waals surface area contributed by atoms with Crippen molar-refractivity contribution in [1.82, 2.24) is 24.2 Å². The Bertz CT molecular complexity index is 2220. The zero-order valence-corrected chi connectivity index (χ0v) is 30.7. The molecule has 5 heterocycles. The van der Waals surface area contributed by atoms with Gasteiger partial charge < -0.3 is 19.6 Å². The molecule has 8 rings (SSSR count). The second kappa shape index (κ2) is 13.6. The number of aromatic nitrogens is 3. The standard InChI is InChI=1S/C39H43F3N6O4S/c1-4-29-32(41)8-5-24-15-28(49)16-30(33(24)29)35-34(42)36-31(17-43-35)37(47-18-26-6-7-27(19-47)48(26)53(50,51)20-23(2)3)45-38(44-36)52-22-39(11-12-39)21-46-13-9-25(40)10-14-46/h1,5,8,15-17,23,25-27,49H,6-7,9-14,18-22H2,2-3H3. The van der Waals surface area contributed by atoms with E-state index in [0.717, 1.165) is 19.4 Å². The SMILES string of the molecule is C#Cc1c(F)ccc2cc(O)cc(-c3ncc4c(N5CC6CCC(C5)N6S(=O)(=O)CC(C)C)nc(OCC5(CN6CCC(F)CC6)CC5)nc4c3F)c12. The number of alkyl halides is 1. The molecule has 53 heavy (non-hydrogen) atoms. The van der Waals surface area contributed by atoms with E-state index in [1.165, 1.54) is 30.5 Å². The number of sulfonamides is 1. The van der Waals surface area contributed by atoms with E-state index >= 15 is 4.39 Å². The number of likely N-dealkylation sites (tertiary alicyclic amines) is 1. The highest BCUT2D eigenvalue weighted by Crippen LogP contribution is 2.47. The van der Waals surface area contributed by atoms with Crippen LogP contribution >= 0.6 is 0 Å². The summed E-state index contributed by atoms with van der Waals surface area (Å²) < 4.78 is 80.6. The van der Waals surface area contributed by atoms with Gasteiger partial charge in [-0.2, -0.15) is 14.3 Å². The molecular weight excluding hydrogens is 706 g/mol. The number of anilines is 1. The van der Waals surface area contributed by atoms with Gasteiger partial charge in [0.05, 0.1) is 23.3 Å². The fourth-order valence-corrected chi connectivity index (χ4v) is 10.8. The lowest BCUT2D eigenvalue weighted by atomic mass is 9.96. The van der Waals surface area contributed by atoms with Crippen LogP contribution in [-0.2, 0) is 10.0 Å². The summed E-state index contributed by atoms with van der Waals surface area (Å²) in [4.78, 5) is 18.2. The lowest BCUT2D eigenvalue weighted by Crippen LogP contribution is -2.56. The molecule has 1 N–H and O–H groups in total. The van der Waals surface area contributed by atoms with E-state index in [1.54, 1.807) is 4.31 Å². The monoisotopic (exact) mass is 748 g/mol. The minimum Gasteiger partial charge on any atom is -0.508 e. The molecule has 4 fully saturated rings. The zero-order chi connectivity index (χ0) is 37.2. The van der Waals surface area contributed by atoms with Crippen LogP contribution in [0.1, 0.15) is 57.9 Å².